The van der Waals surface area contributed by atoms with E-state index in [0.717, 1.165) is 0 Å². The van der Waals surface area contributed by atoms with E-state index < -0.39 is 74.2 Å². The smallest absolute Gasteiger partial charge is 0.249 e. The fraction of sp³-hybridized carbons (Fsp3) is 0.917. The van der Waals surface area contributed by atoms with Crippen LogP contribution in [0.4, 0.5) is 0 Å². The number of aliphatic hydroxyl groups excluding tert-OH is 8. The summed E-state index contributed by atoms with van der Waals surface area (Å²) < 4.78 is 10.1. The predicted molar refractivity (Wildman–Crippen MR) is 72.9 cm³/mol. The first-order valence-corrected chi connectivity index (χ1v) is 7.06. The van der Waals surface area contributed by atoms with Gasteiger partial charge in [0.2, 0.25) is 5.91 Å². The first kappa shape index (κ1) is 21.1. The van der Waals surface area contributed by atoms with Crippen molar-refractivity contribution >= 4 is 5.91 Å². The van der Waals surface area contributed by atoms with Gasteiger partial charge in [-0.1, -0.05) is 0 Å². The number of rotatable bonds is 8. The van der Waals surface area contributed by atoms with E-state index >= 15 is 0 Å². The van der Waals surface area contributed by atoms with Crippen molar-refractivity contribution in [2.45, 2.75) is 55.1 Å². The standard InChI is InChI=1S/C12H23NO11/c13-11(22)8(20)7(19)10(3(16)1-14)24-12-9(21)6(18)5(17)4(2-15)23-12/h3-10,12,14-21H,1-2H2,(H2,13,22)/t3-,4+,5-,6-,7-,8-,9+,10-,12-/m0/s1. The third kappa shape index (κ3) is 4.58. The number of primary amides is 1. The molecule has 0 aromatic carbocycles. The molecule has 1 saturated heterocycles. The van der Waals surface area contributed by atoms with Crippen LogP contribution in [0.2, 0.25) is 0 Å². The Labute approximate surface area is 136 Å². The second-order valence-corrected chi connectivity index (χ2v) is 5.39. The minimum atomic E-state index is -2.17. The van der Waals surface area contributed by atoms with Gasteiger partial charge in [0.05, 0.1) is 13.2 Å². The van der Waals surface area contributed by atoms with Crippen molar-refractivity contribution in [1.29, 1.82) is 0 Å². The van der Waals surface area contributed by atoms with Crippen LogP contribution in [0.15, 0.2) is 0 Å². The van der Waals surface area contributed by atoms with Crippen LogP contribution in [-0.4, -0.2) is 115 Å². The van der Waals surface area contributed by atoms with E-state index in [-0.39, 0.29) is 0 Å². The summed E-state index contributed by atoms with van der Waals surface area (Å²) >= 11 is 0. The largest absolute Gasteiger partial charge is 0.394 e. The first-order chi connectivity index (χ1) is 11.1. The SMILES string of the molecule is NC(=O)[C@@H](O)[C@H](O)[C@@H](O[C@@H]1O[C@H](CO)[C@H](O)[C@H](O)[C@H]1O)[C@@H](O)CO. The van der Waals surface area contributed by atoms with Crippen LogP contribution in [0.3, 0.4) is 0 Å². The van der Waals surface area contributed by atoms with Gasteiger partial charge in [-0.15, -0.1) is 0 Å². The average Bonchev–Trinajstić information content (AvgIpc) is 2.57. The lowest BCUT2D eigenvalue weighted by atomic mass is 9.98. The van der Waals surface area contributed by atoms with Gasteiger partial charge >= 0.3 is 0 Å². The molecule has 1 rings (SSSR count). The van der Waals surface area contributed by atoms with Gasteiger partial charge in [-0.2, -0.15) is 0 Å². The predicted octanol–water partition coefficient (Wildman–Crippen LogP) is -6.27. The van der Waals surface area contributed by atoms with Crippen LogP contribution in [0.25, 0.3) is 0 Å². The van der Waals surface area contributed by atoms with Crippen molar-refractivity contribution in [2.75, 3.05) is 13.2 Å². The van der Waals surface area contributed by atoms with Crippen LogP contribution in [0.1, 0.15) is 0 Å². The van der Waals surface area contributed by atoms with E-state index in [4.69, 9.17) is 25.4 Å². The Bertz CT molecular complexity index is 408. The molecular weight excluding hydrogens is 334 g/mol. The second-order valence-electron chi connectivity index (χ2n) is 5.39. The van der Waals surface area contributed by atoms with E-state index in [0.29, 0.717) is 0 Å². The lowest BCUT2D eigenvalue weighted by Crippen LogP contribution is -2.62. The molecule has 0 saturated carbocycles. The minimum absolute atomic E-state index is 0.746. The maximum atomic E-state index is 10.9. The third-order valence-corrected chi connectivity index (χ3v) is 3.66. The molecule has 0 aromatic rings. The molecule has 142 valence electrons. The summed E-state index contributed by atoms with van der Waals surface area (Å²) in [6.45, 7) is -1.70. The zero-order valence-electron chi connectivity index (χ0n) is 12.5. The fourth-order valence-electron chi connectivity index (χ4n) is 2.19. The number of amides is 1. The highest BCUT2D eigenvalue weighted by atomic mass is 16.7. The molecule has 12 nitrogen and oxygen atoms in total. The van der Waals surface area contributed by atoms with Crippen molar-refractivity contribution in [1.82, 2.24) is 0 Å². The van der Waals surface area contributed by atoms with E-state index in [1.807, 2.05) is 0 Å². The third-order valence-electron chi connectivity index (χ3n) is 3.66. The fourth-order valence-corrected chi connectivity index (χ4v) is 2.19. The molecule has 0 aliphatic carbocycles. The Morgan fingerprint density at radius 1 is 1.08 bits per heavy atom. The van der Waals surface area contributed by atoms with Gasteiger partial charge in [0.1, 0.15) is 42.7 Å². The first-order valence-electron chi connectivity index (χ1n) is 7.06. The molecular formula is C12H23NO11. The monoisotopic (exact) mass is 357 g/mol. The zero-order valence-corrected chi connectivity index (χ0v) is 12.5. The normalized spacial score (nSPS) is 35.9. The summed E-state index contributed by atoms with van der Waals surface area (Å²) in [5, 5.41) is 76.2. The van der Waals surface area contributed by atoms with Crippen molar-refractivity contribution in [2.24, 2.45) is 5.73 Å². The molecule has 10 N–H and O–H groups in total. The van der Waals surface area contributed by atoms with Crippen LogP contribution in [0, 0.1) is 0 Å². The molecule has 1 aliphatic rings. The Morgan fingerprint density at radius 3 is 2.12 bits per heavy atom. The molecule has 0 radical (unpaired) electrons. The van der Waals surface area contributed by atoms with Crippen molar-refractivity contribution in [3.05, 3.63) is 0 Å². The Kier molecular flexibility index (Phi) is 7.88. The second kappa shape index (κ2) is 8.96. The summed E-state index contributed by atoms with van der Waals surface area (Å²) in [4.78, 5) is 10.9. The molecule has 0 spiro atoms. The van der Waals surface area contributed by atoms with Gasteiger partial charge in [-0.25, -0.2) is 0 Å². The number of aliphatic hydroxyl groups is 8. The number of carbonyl (C=O) groups excluding carboxylic acids is 1. The number of nitrogens with two attached hydrogens (primary N) is 1. The van der Waals surface area contributed by atoms with E-state index in [1.54, 1.807) is 0 Å². The lowest BCUT2D eigenvalue weighted by molar-refractivity contribution is -0.326. The molecule has 1 amide bonds. The maximum absolute atomic E-state index is 10.9. The molecule has 24 heavy (non-hydrogen) atoms. The summed E-state index contributed by atoms with van der Waals surface area (Å²) in [5.41, 5.74) is 4.83. The number of hydrogen-bond donors (Lipinski definition) is 9. The van der Waals surface area contributed by atoms with Gasteiger partial charge in [-0.3, -0.25) is 4.79 Å². The summed E-state index contributed by atoms with van der Waals surface area (Å²) in [6, 6.07) is 0. The molecule has 0 unspecified atom stereocenters. The zero-order chi connectivity index (χ0) is 18.6. The van der Waals surface area contributed by atoms with Crippen molar-refractivity contribution < 1.29 is 55.1 Å². The molecule has 9 atom stereocenters. The van der Waals surface area contributed by atoms with E-state index in [1.165, 1.54) is 0 Å². The summed E-state index contributed by atoms with van der Waals surface area (Å²) in [7, 11) is 0. The molecule has 1 aliphatic heterocycles. The Balaban J connectivity index is 2.94. The molecule has 0 aromatic heterocycles. The van der Waals surface area contributed by atoms with E-state index in [2.05, 4.69) is 0 Å². The number of ether oxygens (including phenoxy) is 2. The summed E-state index contributed by atoms with van der Waals surface area (Å²) in [5.74, 6) is -1.34. The highest BCUT2D eigenvalue weighted by Crippen LogP contribution is 2.24. The topological polar surface area (TPSA) is 223 Å². The van der Waals surface area contributed by atoms with Gasteiger partial charge < -0.3 is 56.1 Å². The van der Waals surface area contributed by atoms with E-state index in [9.17, 15) is 35.4 Å². The summed E-state index contributed by atoms with van der Waals surface area (Å²) in [6.07, 6.45) is -16.3. The van der Waals surface area contributed by atoms with Gasteiger partial charge in [-0.05, 0) is 0 Å². The number of hydrogen-bond acceptors (Lipinski definition) is 11. The highest BCUT2D eigenvalue weighted by molar-refractivity contribution is 5.79. The van der Waals surface area contributed by atoms with Gasteiger partial charge in [0.25, 0.3) is 0 Å². The molecule has 1 heterocycles. The Morgan fingerprint density at radius 2 is 1.67 bits per heavy atom. The van der Waals surface area contributed by atoms with Crippen molar-refractivity contribution in [3.63, 3.8) is 0 Å². The van der Waals surface area contributed by atoms with Crippen LogP contribution >= 0.6 is 0 Å². The number of carbonyl (C=O) groups is 1. The van der Waals surface area contributed by atoms with Crippen molar-refractivity contribution in [3.8, 4) is 0 Å². The lowest BCUT2D eigenvalue weighted by Gasteiger charge is -2.42. The van der Waals surface area contributed by atoms with Crippen LogP contribution in [0.5, 0.6) is 0 Å². The molecule has 12 heteroatoms. The maximum Gasteiger partial charge on any atom is 0.249 e. The van der Waals surface area contributed by atoms with Crippen LogP contribution in [-0.2, 0) is 14.3 Å². The minimum Gasteiger partial charge on any atom is -0.394 e. The molecule has 0 bridgehead atoms. The molecule has 1 fully saturated rings. The van der Waals surface area contributed by atoms with Crippen LogP contribution < -0.4 is 5.73 Å². The average molecular weight is 357 g/mol. The Hall–Kier alpha value is -0.930. The van der Waals surface area contributed by atoms with Gasteiger partial charge in [0, 0.05) is 0 Å². The highest BCUT2D eigenvalue weighted by Gasteiger charge is 2.47. The quantitative estimate of drug-likeness (QED) is 0.198. The van der Waals surface area contributed by atoms with Gasteiger partial charge in [0.15, 0.2) is 12.4 Å².